The summed E-state index contributed by atoms with van der Waals surface area (Å²) in [6, 6.07) is 8.10. The van der Waals surface area contributed by atoms with Crippen LogP contribution in [0, 0.1) is 0 Å². The number of ether oxygens (including phenoxy) is 1. The number of rotatable bonds is 3. The van der Waals surface area contributed by atoms with Crippen molar-refractivity contribution in [3.05, 3.63) is 41.7 Å². The van der Waals surface area contributed by atoms with E-state index < -0.39 is 0 Å². The molecular weight excluding hydrogens is 167 g/mol. The van der Waals surface area contributed by atoms with Crippen molar-refractivity contribution in [3.8, 4) is 5.75 Å². The summed E-state index contributed by atoms with van der Waals surface area (Å²) >= 11 is 0. The number of benzene rings is 1. The molecule has 0 N–H and O–H groups in total. The van der Waals surface area contributed by atoms with Gasteiger partial charge in [-0.25, -0.2) is 0 Å². The molecule has 0 aromatic heterocycles. The molecule has 1 rings (SSSR count). The Morgan fingerprint density at radius 2 is 2.00 bits per heavy atom. The Labute approximate surface area is 75.6 Å². The Bertz CT molecular complexity index is 251. The van der Waals surface area contributed by atoms with Crippen LogP contribution in [0.5, 0.6) is 5.75 Å². The first-order valence-corrected chi connectivity index (χ1v) is 4.53. The molecule has 0 bridgehead atoms. The zero-order chi connectivity index (χ0) is 8.81. The normalized spacial score (nSPS) is 10.5. The van der Waals surface area contributed by atoms with Crippen molar-refractivity contribution in [2.24, 2.45) is 0 Å². The van der Waals surface area contributed by atoms with Crippen LogP contribution in [-0.4, -0.2) is 7.11 Å². The van der Waals surface area contributed by atoms with Crippen LogP contribution in [0.15, 0.2) is 36.2 Å². The molecule has 1 aromatic carbocycles. The maximum absolute atomic E-state index is 5.05. The van der Waals surface area contributed by atoms with Gasteiger partial charge in [0, 0.05) is 0 Å². The third-order valence-electron chi connectivity index (χ3n) is 1.65. The summed E-state index contributed by atoms with van der Waals surface area (Å²) < 4.78 is 5.05. The van der Waals surface area contributed by atoms with E-state index in [1.165, 1.54) is 5.56 Å². The lowest BCUT2D eigenvalue weighted by Gasteiger charge is -1.99. The van der Waals surface area contributed by atoms with E-state index in [0.29, 0.717) is 0 Å². The fourth-order valence-corrected chi connectivity index (χ4v) is 1.10. The lowest BCUT2D eigenvalue weighted by atomic mass is 10.1. The minimum absolute atomic E-state index is 0.911. The zero-order valence-corrected chi connectivity index (χ0v) is 8.31. The van der Waals surface area contributed by atoms with Crippen molar-refractivity contribution < 1.29 is 4.74 Å². The predicted molar refractivity (Wildman–Crippen MR) is 55.5 cm³/mol. The second-order valence-corrected chi connectivity index (χ2v) is 2.87. The highest BCUT2D eigenvalue weighted by molar-refractivity contribution is 7.20. The fraction of sp³-hybridized carbons (Fsp3) is 0.200. The third-order valence-corrected chi connectivity index (χ3v) is 1.92. The highest BCUT2D eigenvalue weighted by atomic mass is 31.0. The van der Waals surface area contributed by atoms with Crippen molar-refractivity contribution in [1.29, 1.82) is 0 Å². The van der Waals surface area contributed by atoms with Crippen molar-refractivity contribution >= 4 is 9.24 Å². The summed E-state index contributed by atoms with van der Waals surface area (Å²) in [7, 11) is 4.24. The first-order chi connectivity index (χ1) is 5.86. The molecule has 0 radical (unpaired) electrons. The minimum atomic E-state index is 0.911. The van der Waals surface area contributed by atoms with Crippen LogP contribution < -0.4 is 4.74 Å². The summed E-state index contributed by atoms with van der Waals surface area (Å²) in [5.74, 6) is 2.89. The Morgan fingerprint density at radius 3 is 2.50 bits per heavy atom. The van der Waals surface area contributed by atoms with Crippen molar-refractivity contribution in [3.63, 3.8) is 0 Å². The summed E-state index contributed by atoms with van der Waals surface area (Å²) in [6.07, 6.45) is 3.08. The molecular formula is C10H13OP. The molecule has 0 heterocycles. The van der Waals surface area contributed by atoms with Gasteiger partial charge in [-0.15, -0.1) is 9.24 Å². The average Bonchev–Trinajstić information content (AvgIpc) is 2.15. The van der Waals surface area contributed by atoms with E-state index in [4.69, 9.17) is 4.74 Å². The van der Waals surface area contributed by atoms with Gasteiger partial charge in [-0.05, 0) is 24.1 Å². The van der Waals surface area contributed by atoms with Crippen LogP contribution in [-0.2, 0) is 6.42 Å². The monoisotopic (exact) mass is 180 g/mol. The highest BCUT2D eigenvalue weighted by Gasteiger charge is 1.90. The van der Waals surface area contributed by atoms with Gasteiger partial charge in [0.2, 0.25) is 0 Å². The molecule has 1 nitrogen and oxygen atoms in total. The molecule has 0 aliphatic heterocycles. The SMILES string of the molecule is COc1ccc(CC=CP)cc1. The van der Waals surface area contributed by atoms with E-state index in [1.807, 2.05) is 17.9 Å². The molecule has 12 heavy (non-hydrogen) atoms. The lowest BCUT2D eigenvalue weighted by Crippen LogP contribution is -1.83. The second-order valence-electron chi connectivity index (χ2n) is 2.48. The summed E-state index contributed by atoms with van der Waals surface area (Å²) in [5, 5.41) is 0. The molecule has 1 aromatic rings. The topological polar surface area (TPSA) is 9.23 Å². The van der Waals surface area contributed by atoms with Crippen molar-refractivity contribution in [2.75, 3.05) is 7.11 Å². The van der Waals surface area contributed by atoms with Crippen molar-refractivity contribution in [2.45, 2.75) is 6.42 Å². The van der Waals surface area contributed by atoms with Crippen LogP contribution in [0.1, 0.15) is 5.56 Å². The largest absolute Gasteiger partial charge is 0.497 e. The predicted octanol–water partition coefficient (Wildman–Crippen LogP) is 2.63. The molecule has 1 atom stereocenters. The number of allylic oxidation sites excluding steroid dienone is 1. The second kappa shape index (κ2) is 4.95. The van der Waals surface area contributed by atoms with Gasteiger partial charge in [0.05, 0.1) is 7.11 Å². The smallest absolute Gasteiger partial charge is 0.118 e. The van der Waals surface area contributed by atoms with Crippen LogP contribution in [0.25, 0.3) is 0 Å². The van der Waals surface area contributed by atoms with Gasteiger partial charge in [-0.3, -0.25) is 0 Å². The maximum atomic E-state index is 5.05. The lowest BCUT2D eigenvalue weighted by molar-refractivity contribution is 0.414. The summed E-state index contributed by atoms with van der Waals surface area (Å²) in [6.45, 7) is 0. The number of hydrogen-bond acceptors (Lipinski definition) is 1. The Kier molecular flexibility index (Phi) is 3.83. The molecule has 0 saturated heterocycles. The molecule has 0 aliphatic carbocycles. The van der Waals surface area contributed by atoms with Gasteiger partial charge < -0.3 is 4.74 Å². The number of hydrogen-bond donors (Lipinski definition) is 0. The molecule has 0 aliphatic rings. The zero-order valence-electron chi connectivity index (χ0n) is 7.16. The van der Waals surface area contributed by atoms with Crippen LogP contribution in [0.2, 0.25) is 0 Å². The van der Waals surface area contributed by atoms with E-state index in [1.54, 1.807) is 7.11 Å². The Hall–Kier alpha value is -0.810. The standard InChI is InChI=1S/C10H13OP/c1-11-10-6-4-9(5-7-10)3-2-8-12/h2,4-8H,3,12H2,1H3. The van der Waals surface area contributed by atoms with E-state index in [9.17, 15) is 0 Å². The quantitative estimate of drug-likeness (QED) is 0.650. The minimum Gasteiger partial charge on any atom is -0.497 e. The van der Waals surface area contributed by atoms with Crippen LogP contribution in [0.4, 0.5) is 0 Å². The van der Waals surface area contributed by atoms with E-state index in [2.05, 4.69) is 27.4 Å². The molecule has 0 fully saturated rings. The molecule has 1 unspecified atom stereocenters. The highest BCUT2D eigenvalue weighted by Crippen LogP contribution is 2.11. The molecule has 0 spiro atoms. The van der Waals surface area contributed by atoms with E-state index in [-0.39, 0.29) is 0 Å². The van der Waals surface area contributed by atoms with Gasteiger partial charge in [-0.2, -0.15) is 0 Å². The van der Waals surface area contributed by atoms with Gasteiger partial charge >= 0.3 is 0 Å². The van der Waals surface area contributed by atoms with Gasteiger partial charge in [-0.1, -0.05) is 24.0 Å². The van der Waals surface area contributed by atoms with Crippen LogP contribution >= 0.6 is 9.24 Å². The molecule has 0 saturated carbocycles. The van der Waals surface area contributed by atoms with Gasteiger partial charge in [0.1, 0.15) is 5.75 Å². The first-order valence-electron chi connectivity index (χ1n) is 3.86. The first kappa shape index (κ1) is 9.28. The number of methoxy groups -OCH3 is 1. The Morgan fingerprint density at radius 1 is 1.33 bits per heavy atom. The van der Waals surface area contributed by atoms with E-state index >= 15 is 0 Å². The summed E-state index contributed by atoms with van der Waals surface area (Å²) in [5.41, 5.74) is 1.30. The molecule has 0 amide bonds. The average molecular weight is 180 g/mol. The molecule has 64 valence electrons. The van der Waals surface area contributed by atoms with Gasteiger partial charge in [0.25, 0.3) is 0 Å². The fourth-order valence-electron chi connectivity index (χ4n) is 0.966. The van der Waals surface area contributed by atoms with Crippen molar-refractivity contribution in [1.82, 2.24) is 0 Å². The molecule has 2 heteroatoms. The Balaban J connectivity index is 2.64. The van der Waals surface area contributed by atoms with Gasteiger partial charge in [0.15, 0.2) is 0 Å². The van der Waals surface area contributed by atoms with E-state index in [0.717, 1.165) is 12.2 Å². The third kappa shape index (κ3) is 2.67. The summed E-state index contributed by atoms with van der Waals surface area (Å²) in [4.78, 5) is 0. The van der Waals surface area contributed by atoms with Crippen LogP contribution in [0.3, 0.4) is 0 Å². The maximum Gasteiger partial charge on any atom is 0.118 e.